The maximum absolute atomic E-state index is 6.22. The Balaban J connectivity index is 2.65. The minimum absolute atomic E-state index is 0.0739. The maximum atomic E-state index is 6.22. The summed E-state index contributed by atoms with van der Waals surface area (Å²) in [4.78, 5) is 0. The predicted octanol–water partition coefficient (Wildman–Crippen LogP) is 3.29. The van der Waals surface area contributed by atoms with Crippen LogP contribution in [0.15, 0.2) is 24.3 Å². The van der Waals surface area contributed by atoms with Crippen molar-refractivity contribution in [2.75, 3.05) is 13.2 Å². The zero-order valence-corrected chi connectivity index (χ0v) is 11.7. The van der Waals surface area contributed by atoms with E-state index < -0.39 is 0 Å². The molecule has 18 heavy (non-hydrogen) atoms. The number of benzene rings is 1. The van der Waals surface area contributed by atoms with Gasteiger partial charge in [-0.1, -0.05) is 26.0 Å². The number of rotatable bonds is 8. The first-order valence-electron chi connectivity index (χ1n) is 6.82. The highest BCUT2D eigenvalue weighted by Gasteiger charge is 2.17. The van der Waals surface area contributed by atoms with Crippen LogP contribution in [0.2, 0.25) is 0 Å². The highest BCUT2D eigenvalue weighted by atomic mass is 16.5. The molecule has 0 fully saturated rings. The molecule has 0 spiro atoms. The number of hydrogen-bond acceptors (Lipinski definition) is 3. The molecule has 2 unspecified atom stereocenters. The molecule has 0 heterocycles. The second-order valence-corrected chi connectivity index (χ2v) is 4.35. The molecule has 0 bridgehead atoms. The molecule has 0 saturated carbocycles. The molecule has 3 heteroatoms. The lowest BCUT2D eigenvalue weighted by Crippen LogP contribution is -2.28. The highest BCUT2D eigenvalue weighted by Crippen LogP contribution is 2.22. The molecule has 0 saturated heterocycles. The summed E-state index contributed by atoms with van der Waals surface area (Å²) in [5.74, 6) is 0.900. The average molecular weight is 251 g/mol. The van der Waals surface area contributed by atoms with Gasteiger partial charge in [0.15, 0.2) is 0 Å². The van der Waals surface area contributed by atoms with Gasteiger partial charge in [0.1, 0.15) is 5.75 Å². The summed E-state index contributed by atoms with van der Waals surface area (Å²) < 4.78 is 11.2. The Labute approximate surface area is 110 Å². The smallest absolute Gasteiger partial charge is 0.119 e. The van der Waals surface area contributed by atoms with E-state index in [1.165, 1.54) is 0 Å². The van der Waals surface area contributed by atoms with Crippen molar-refractivity contribution in [3.63, 3.8) is 0 Å². The van der Waals surface area contributed by atoms with Crippen LogP contribution in [0, 0.1) is 0 Å². The molecule has 3 nitrogen and oxygen atoms in total. The van der Waals surface area contributed by atoms with E-state index in [2.05, 4.69) is 13.8 Å². The first kappa shape index (κ1) is 15.0. The summed E-state index contributed by atoms with van der Waals surface area (Å²) in [6.45, 7) is 7.64. The fourth-order valence-corrected chi connectivity index (χ4v) is 1.91. The lowest BCUT2D eigenvalue weighted by atomic mass is 10.0. The largest absolute Gasteiger partial charge is 0.494 e. The Kier molecular flexibility index (Phi) is 6.76. The lowest BCUT2D eigenvalue weighted by Gasteiger charge is -2.23. The van der Waals surface area contributed by atoms with Gasteiger partial charge in [0, 0.05) is 6.61 Å². The van der Waals surface area contributed by atoms with Crippen molar-refractivity contribution in [3.05, 3.63) is 29.8 Å². The molecule has 0 aromatic heterocycles. The third-order valence-corrected chi connectivity index (χ3v) is 2.92. The van der Waals surface area contributed by atoms with E-state index in [-0.39, 0.29) is 12.1 Å². The van der Waals surface area contributed by atoms with Gasteiger partial charge in [-0.05, 0) is 37.5 Å². The van der Waals surface area contributed by atoms with Crippen molar-refractivity contribution in [2.45, 2.75) is 45.8 Å². The van der Waals surface area contributed by atoms with Gasteiger partial charge in [0.2, 0.25) is 0 Å². The fraction of sp³-hybridized carbons (Fsp3) is 0.600. The third kappa shape index (κ3) is 4.31. The molecular formula is C15H25NO2. The van der Waals surface area contributed by atoms with E-state index in [1.54, 1.807) is 0 Å². The predicted molar refractivity (Wildman–Crippen MR) is 74.9 cm³/mol. The molecule has 2 atom stereocenters. The summed E-state index contributed by atoms with van der Waals surface area (Å²) in [6, 6.07) is 7.93. The minimum Gasteiger partial charge on any atom is -0.494 e. The van der Waals surface area contributed by atoms with E-state index in [9.17, 15) is 0 Å². The van der Waals surface area contributed by atoms with Crippen molar-refractivity contribution < 1.29 is 9.47 Å². The molecule has 2 N–H and O–H groups in total. The lowest BCUT2D eigenvalue weighted by molar-refractivity contribution is 0.0413. The summed E-state index contributed by atoms with van der Waals surface area (Å²) in [6.07, 6.45) is 2.02. The van der Waals surface area contributed by atoms with Crippen LogP contribution in [0.5, 0.6) is 5.75 Å². The van der Waals surface area contributed by atoms with Crippen molar-refractivity contribution >= 4 is 0 Å². The SMILES string of the molecule is CCCOc1ccc(C(N)C(CC)OCC)cc1. The van der Waals surface area contributed by atoms with Crippen LogP contribution >= 0.6 is 0 Å². The summed E-state index contributed by atoms with van der Waals surface area (Å²) >= 11 is 0. The van der Waals surface area contributed by atoms with Crippen molar-refractivity contribution in [3.8, 4) is 5.75 Å². The first-order valence-corrected chi connectivity index (χ1v) is 6.82. The third-order valence-electron chi connectivity index (χ3n) is 2.92. The van der Waals surface area contributed by atoms with Crippen molar-refractivity contribution in [2.24, 2.45) is 5.73 Å². The Morgan fingerprint density at radius 3 is 2.28 bits per heavy atom. The Bertz CT molecular complexity index is 324. The van der Waals surface area contributed by atoms with Gasteiger partial charge in [-0.3, -0.25) is 0 Å². The molecule has 0 amide bonds. The van der Waals surface area contributed by atoms with Gasteiger partial charge in [0.05, 0.1) is 18.8 Å². The maximum Gasteiger partial charge on any atom is 0.119 e. The normalized spacial score (nSPS) is 14.2. The second-order valence-electron chi connectivity index (χ2n) is 4.35. The molecular weight excluding hydrogens is 226 g/mol. The molecule has 1 aromatic carbocycles. The molecule has 0 aliphatic rings. The van der Waals surface area contributed by atoms with E-state index in [1.807, 2.05) is 31.2 Å². The minimum atomic E-state index is -0.0739. The van der Waals surface area contributed by atoms with Gasteiger partial charge in [0.25, 0.3) is 0 Å². The highest BCUT2D eigenvalue weighted by molar-refractivity contribution is 5.29. The second kappa shape index (κ2) is 8.11. The number of hydrogen-bond donors (Lipinski definition) is 1. The molecule has 102 valence electrons. The van der Waals surface area contributed by atoms with E-state index >= 15 is 0 Å². The average Bonchev–Trinajstić information content (AvgIpc) is 2.42. The fourth-order valence-electron chi connectivity index (χ4n) is 1.91. The van der Waals surface area contributed by atoms with Crippen molar-refractivity contribution in [1.29, 1.82) is 0 Å². The zero-order valence-electron chi connectivity index (χ0n) is 11.7. The van der Waals surface area contributed by atoms with Crippen molar-refractivity contribution in [1.82, 2.24) is 0 Å². The van der Waals surface area contributed by atoms with Crippen LogP contribution in [-0.2, 0) is 4.74 Å². The van der Waals surface area contributed by atoms with Gasteiger partial charge >= 0.3 is 0 Å². The standard InChI is InChI=1S/C15H25NO2/c1-4-11-18-13-9-7-12(8-10-13)15(16)14(5-2)17-6-3/h7-10,14-15H,4-6,11,16H2,1-3H3. The van der Waals surface area contributed by atoms with Crippen LogP contribution in [0.3, 0.4) is 0 Å². The van der Waals surface area contributed by atoms with Gasteiger partial charge in [-0.15, -0.1) is 0 Å². The summed E-state index contributed by atoms with van der Waals surface area (Å²) in [7, 11) is 0. The molecule has 1 aromatic rings. The van der Waals surface area contributed by atoms with Gasteiger partial charge in [-0.25, -0.2) is 0 Å². The molecule has 1 rings (SSSR count). The monoisotopic (exact) mass is 251 g/mol. The summed E-state index contributed by atoms with van der Waals surface area (Å²) in [5.41, 5.74) is 7.32. The molecule has 0 aliphatic carbocycles. The quantitative estimate of drug-likeness (QED) is 0.771. The Morgan fingerprint density at radius 2 is 1.78 bits per heavy atom. The van der Waals surface area contributed by atoms with Gasteiger partial charge in [-0.2, -0.15) is 0 Å². The van der Waals surface area contributed by atoms with Crippen LogP contribution < -0.4 is 10.5 Å². The topological polar surface area (TPSA) is 44.5 Å². The first-order chi connectivity index (χ1) is 8.72. The van der Waals surface area contributed by atoms with Crippen LogP contribution in [0.1, 0.15) is 45.2 Å². The Morgan fingerprint density at radius 1 is 1.11 bits per heavy atom. The van der Waals surface area contributed by atoms with E-state index in [0.717, 1.165) is 30.8 Å². The molecule has 0 aliphatic heterocycles. The van der Waals surface area contributed by atoms with Crippen LogP contribution in [0.25, 0.3) is 0 Å². The van der Waals surface area contributed by atoms with Crippen LogP contribution in [-0.4, -0.2) is 19.3 Å². The van der Waals surface area contributed by atoms with E-state index in [4.69, 9.17) is 15.2 Å². The molecule has 0 radical (unpaired) electrons. The Hall–Kier alpha value is -1.06. The van der Waals surface area contributed by atoms with Crippen LogP contribution in [0.4, 0.5) is 0 Å². The summed E-state index contributed by atoms with van der Waals surface area (Å²) in [5, 5.41) is 0. The van der Waals surface area contributed by atoms with E-state index in [0.29, 0.717) is 6.61 Å². The van der Waals surface area contributed by atoms with Gasteiger partial charge < -0.3 is 15.2 Å². The number of ether oxygens (including phenoxy) is 2. The number of nitrogens with two attached hydrogens (primary N) is 1. The zero-order chi connectivity index (χ0) is 13.4.